The smallest absolute Gasteiger partial charge is 0.423 e. The molecule has 0 aliphatic carbocycles. The molecule has 2 N–H and O–H groups in total. The monoisotopic (exact) mass is 981 g/mol. The molecule has 2 aliphatic heterocycles. The van der Waals surface area contributed by atoms with Crippen molar-refractivity contribution in [2.75, 3.05) is 5.88 Å². The van der Waals surface area contributed by atoms with Crippen LogP contribution in [-0.4, -0.2) is 37.2 Å². The van der Waals surface area contributed by atoms with Crippen molar-refractivity contribution >= 4 is 74.9 Å². The van der Waals surface area contributed by atoms with Crippen LogP contribution in [0.25, 0.3) is 0 Å². The molecule has 0 amide bonds. The molecule has 2 aliphatic rings. The Morgan fingerprint density at radius 2 is 1.23 bits per heavy atom. The zero-order valence-electron chi connectivity index (χ0n) is 36.4. The lowest BCUT2D eigenvalue weighted by Gasteiger charge is -2.21. The number of aryl methyl sites for hydroxylation is 2. The van der Waals surface area contributed by atoms with Crippen LogP contribution in [0.3, 0.4) is 0 Å². The molecule has 338 valence electrons. The largest absolute Gasteiger partial charge is 0.488 e. The minimum absolute atomic E-state index is 0.0442. The van der Waals surface area contributed by atoms with E-state index in [2.05, 4.69) is 71.7 Å². The molecule has 0 saturated heterocycles. The van der Waals surface area contributed by atoms with Crippen molar-refractivity contribution in [1.82, 2.24) is 0 Å². The Labute approximate surface area is 403 Å². The Morgan fingerprint density at radius 1 is 0.682 bits per heavy atom. The first-order chi connectivity index (χ1) is 31.4. The highest BCUT2D eigenvalue weighted by Crippen LogP contribution is 2.42. The van der Waals surface area contributed by atoms with Crippen molar-refractivity contribution in [3.05, 3.63) is 211 Å². The number of nitrogens with zero attached hydrogens (tertiary/aromatic N) is 1. The summed E-state index contributed by atoms with van der Waals surface area (Å²) in [6.45, 7) is 7.65. The third-order valence-corrected chi connectivity index (χ3v) is 16.0. The lowest BCUT2D eigenvalue weighted by molar-refractivity contribution is -0.137. The molecule has 7 aromatic rings. The standard InChI is InChI=1S/C23H21NO2S2.C22H16ClF3S.C7H8BClO2/c1-16-7-10-21(11-8-16)28(25,26)15-24-17(2)18-9-12-23-20(13-18)14-19-5-3-4-6-22(19)27-23;1-13(15-6-8-18(19(23)12-15)22(24,25)26)14-7-9-21-17(10-14)11-16-4-2-3-5-20(16)27-21;1-5-2-3-6(8(10)11)4-7(5)9/h3-13H,14-15H2,1-2H3;2-10,12-13H,11H2,1H3;2-4,10-11H,1H3. The molecule has 0 radical (unpaired) electrons. The predicted octanol–water partition coefficient (Wildman–Crippen LogP) is 13.2. The van der Waals surface area contributed by atoms with E-state index in [1.807, 2.05) is 58.0 Å². The van der Waals surface area contributed by atoms with Crippen molar-refractivity contribution in [3.63, 3.8) is 0 Å². The van der Waals surface area contributed by atoms with E-state index in [0.29, 0.717) is 15.4 Å². The van der Waals surface area contributed by atoms with Crippen LogP contribution >= 0.6 is 46.7 Å². The minimum atomic E-state index is -4.44. The van der Waals surface area contributed by atoms with Crippen molar-refractivity contribution in [1.29, 1.82) is 0 Å². The summed E-state index contributed by atoms with van der Waals surface area (Å²) in [5, 5.41) is 17.8. The van der Waals surface area contributed by atoms with Gasteiger partial charge < -0.3 is 10.0 Å². The maximum atomic E-state index is 12.9. The van der Waals surface area contributed by atoms with E-state index in [1.165, 1.54) is 54.0 Å². The molecule has 2 heterocycles. The van der Waals surface area contributed by atoms with Gasteiger partial charge in [-0.05, 0) is 144 Å². The number of sulfone groups is 1. The molecule has 0 aromatic heterocycles. The van der Waals surface area contributed by atoms with Gasteiger partial charge in [0, 0.05) is 36.2 Å². The van der Waals surface area contributed by atoms with Crippen LogP contribution < -0.4 is 5.46 Å². The average molecular weight is 983 g/mol. The molecular weight excluding hydrogens is 937 g/mol. The molecule has 66 heavy (non-hydrogen) atoms. The first kappa shape index (κ1) is 49.1. The fourth-order valence-electron chi connectivity index (χ4n) is 7.38. The maximum Gasteiger partial charge on any atom is 0.488 e. The lowest BCUT2D eigenvalue weighted by atomic mass is 9.80. The summed E-state index contributed by atoms with van der Waals surface area (Å²) in [6, 6.07) is 45.2. The van der Waals surface area contributed by atoms with E-state index >= 15 is 0 Å². The fraction of sp³-hybridized carbons (Fsp3) is 0.173. The third-order valence-electron chi connectivity index (χ3n) is 11.4. The van der Waals surface area contributed by atoms with Gasteiger partial charge >= 0.3 is 13.3 Å². The van der Waals surface area contributed by atoms with Gasteiger partial charge in [-0.15, -0.1) is 0 Å². The second-order valence-corrected chi connectivity index (χ2v) is 21.0. The third kappa shape index (κ3) is 12.0. The molecule has 9 rings (SSSR count). The Hall–Kier alpha value is -4.79. The lowest BCUT2D eigenvalue weighted by Crippen LogP contribution is -2.29. The second-order valence-electron chi connectivity index (χ2n) is 16.1. The van der Waals surface area contributed by atoms with Crippen molar-refractivity contribution in [2.24, 2.45) is 4.99 Å². The van der Waals surface area contributed by atoms with Gasteiger partial charge in [0.05, 0.1) is 15.5 Å². The van der Waals surface area contributed by atoms with Crippen molar-refractivity contribution in [2.45, 2.75) is 77.1 Å². The van der Waals surface area contributed by atoms with E-state index in [0.717, 1.165) is 52.4 Å². The highest BCUT2D eigenvalue weighted by Gasteiger charge is 2.33. The summed E-state index contributed by atoms with van der Waals surface area (Å²) in [6.07, 6.45) is -2.68. The van der Waals surface area contributed by atoms with E-state index in [9.17, 15) is 21.6 Å². The number of aliphatic imine (C=N–C) groups is 1. The highest BCUT2D eigenvalue weighted by molar-refractivity contribution is 7.99. The van der Waals surface area contributed by atoms with Gasteiger partial charge in [-0.3, -0.25) is 4.99 Å². The molecule has 14 heteroatoms. The number of rotatable bonds is 7. The fourth-order valence-corrected chi connectivity index (χ4v) is 11.0. The maximum absolute atomic E-state index is 12.9. The minimum Gasteiger partial charge on any atom is -0.423 e. The molecule has 1 unspecified atom stereocenters. The first-order valence-corrected chi connectivity index (χ1v) is 25.0. The number of halogens is 5. The van der Waals surface area contributed by atoms with Crippen LogP contribution in [0.15, 0.2) is 175 Å². The van der Waals surface area contributed by atoms with Crippen LogP contribution in [0.2, 0.25) is 10.0 Å². The van der Waals surface area contributed by atoms with Crippen LogP contribution in [-0.2, 0) is 28.9 Å². The number of alkyl halides is 3. The molecule has 5 nitrogen and oxygen atoms in total. The van der Waals surface area contributed by atoms with Gasteiger partial charge in [0.1, 0.15) is 5.88 Å². The van der Waals surface area contributed by atoms with Gasteiger partial charge in [0.2, 0.25) is 0 Å². The topological polar surface area (TPSA) is 87.0 Å². The summed E-state index contributed by atoms with van der Waals surface area (Å²) >= 11 is 15.2. The van der Waals surface area contributed by atoms with Crippen LogP contribution in [0.4, 0.5) is 13.2 Å². The molecule has 0 saturated carbocycles. The number of hydrogen-bond acceptors (Lipinski definition) is 7. The van der Waals surface area contributed by atoms with Gasteiger partial charge in [-0.2, -0.15) is 13.2 Å². The average Bonchev–Trinajstić information content (AvgIpc) is 3.29. The van der Waals surface area contributed by atoms with Gasteiger partial charge in [0.25, 0.3) is 0 Å². The van der Waals surface area contributed by atoms with Crippen molar-refractivity contribution in [3.8, 4) is 0 Å². The molecule has 7 aromatic carbocycles. The highest BCUT2D eigenvalue weighted by atomic mass is 35.5. The summed E-state index contributed by atoms with van der Waals surface area (Å²) in [5.74, 6) is -0.284. The van der Waals surface area contributed by atoms with Crippen LogP contribution in [0, 0.1) is 13.8 Å². The molecule has 0 bridgehead atoms. The van der Waals surface area contributed by atoms with Gasteiger partial charge in [-0.1, -0.05) is 144 Å². The Balaban J connectivity index is 0.000000161. The second kappa shape index (κ2) is 21.0. The normalized spacial score (nSPS) is 13.3. The zero-order chi connectivity index (χ0) is 47.3. The van der Waals surface area contributed by atoms with Gasteiger partial charge in [-0.25, -0.2) is 8.42 Å². The molecule has 1 atom stereocenters. The Kier molecular flexibility index (Phi) is 15.6. The van der Waals surface area contributed by atoms with Crippen LogP contribution in [0.1, 0.15) is 75.4 Å². The summed E-state index contributed by atoms with van der Waals surface area (Å²) < 4.78 is 63.9. The molecule has 0 spiro atoms. The van der Waals surface area contributed by atoms with Crippen LogP contribution in [0.5, 0.6) is 0 Å². The number of benzene rings is 7. The zero-order valence-corrected chi connectivity index (χ0v) is 40.4. The van der Waals surface area contributed by atoms with E-state index in [4.69, 9.17) is 33.2 Å². The summed E-state index contributed by atoms with van der Waals surface area (Å²) in [7, 11) is -4.87. The SMILES string of the molecule is CC(=NCS(=O)(=O)c1ccc(C)cc1)c1ccc2c(c1)Cc1ccccc1S2.CC(c1ccc(C(F)(F)F)c(Cl)c1)c1ccc2c(c1)Cc1ccccc1S2.Cc1ccc(B(O)O)cc1Cl. The van der Waals surface area contributed by atoms with E-state index in [1.54, 1.807) is 53.9 Å². The Morgan fingerprint density at radius 3 is 1.80 bits per heavy atom. The predicted molar refractivity (Wildman–Crippen MR) is 265 cm³/mol. The summed E-state index contributed by atoms with van der Waals surface area (Å²) in [4.78, 5) is 9.76. The van der Waals surface area contributed by atoms with E-state index < -0.39 is 28.7 Å². The quantitative estimate of drug-likeness (QED) is 0.122. The van der Waals surface area contributed by atoms with Crippen molar-refractivity contribution < 1.29 is 31.6 Å². The molecular formula is C52H45BCl2F3NO4S3. The summed E-state index contributed by atoms with van der Waals surface area (Å²) in [5.41, 5.74) is 10.3. The van der Waals surface area contributed by atoms with Gasteiger partial charge in [0.15, 0.2) is 9.84 Å². The van der Waals surface area contributed by atoms with E-state index in [-0.39, 0.29) is 16.8 Å². The number of hydrogen-bond donors (Lipinski definition) is 2. The number of fused-ring (bicyclic) bond motifs is 4. The molecule has 0 fully saturated rings. The Bertz CT molecular complexity index is 3040. The first-order valence-electron chi connectivity index (χ1n) is 20.9.